The van der Waals surface area contributed by atoms with Crippen LogP contribution in [-0.2, 0) is 21.3 Å². The van der Waals surface area contributed by atoms with Crippen LogP contribution < -0.4 is 5.32 Å². The zero-order valence-corrected chi connectivity index (χ0v) is 20.8. The van der Waals surface area contributed by atoms with Crippen LogP contribution in [0.2, 0.25) is 5.02 Å². The highest BCUT2D eigenvalue weighted by Crippen LogP contribution is 2.26. The Labute approximate surface area is 199 Å². The summed E-state index contributed by atoms with van der Waals surface area (Å²) in [6.07, 6.45) is 0.743. The molecule has 0 aliphatic rings. The molecule has 3 rings (SSSR count). The number of amides is 1. The molecule has 178 valence electrons. The van der Waals surface area contributed by atoms with Gasteiger partial charge in [-0.05, 0) is 57.5 Å². The van der Waals surface area contributed by atoms with Crippen LogP contribution in [-0.4, -0.2) is 54.5 Å². The lowest BCUT2D eigenvalue weighted by Crippen LogP contribution is -2.33. The molecule has 0 atom stereocenters. The molecule has 0 saturated heterocycles. The Bertz CT molecular complexity index is 1240. The van der Waals surface area contributed by atoms with E-state index < -0.39 is 15.9 Å². The monoisotopic (exact) mass is 492 g/mol. The van der Waals surface area contributed by atoms with Gasteiger partial charge in [-0.15, -0.1) is 0 Å². The number of nitrogens with one attached hydrogen (secondary N) is 1. The number of benzene rings is 2. The van der Waals surface area contributed by atoms with Crippen LogP contribution >= 0.6 is 11.6 Å². The zero-order valence-electron chi connectivity index (χ0n) is 19.2. The number of hydrogen-bond donors (Lipinski definition) is 1. The molecular formula is C23H29ClN4O4S. The lowest BCUT2D eigenvalue weighted by molar-refractivity contribution is 0.102. The second-order valence-electron chi connectivity index (χ2n) is 7.84. The number of rotatable bonds is 10. The summed E-state index contributed by atoms with van der Waals surface area (Å²) in [6, 6.07) is 11.5. The minimum absolute atomic E-state index is 0.00142. The molecule has 0 radical (unpaired) electrons. The maximum Gasteiger partial charge on any atom is 0.259 e. The largest absolute Gasteiger partial charge is 0.382 e. The van der Waals surface area contributed by atoms with Gasteiger partial charge in [0.1, 0.15) is 0 Å². The van der Waals surface area contributed by atoms with Crippen molar-refractivity contribution in [3.63, 3.8) is 0 Å². The van der Waals surface area contributed by atoms with Gasteiger partial charge >= 0.3 is 0 Å². The number of nitrogens with zero attached hydrogens (tertiary/aromatic N) is 3. The summed E-state index contributed by atoms with van der Waals surface area (Å²) in [5.74, 6) is -0.174. The number of halogens is 1. The third-order valence-electron chi connectivity index (χ3n) is 5.34. The topological polar surface area (TPSA) is 93.5 Å². The average molecular weight is 493 g/mol. The minimum atomic E-state index is -3.77. The van der Waals surface area contributed by atoms with Gasteiger partial charge in [-0.25, -0.2) is 13.4 Å². The second kappa shape index (κ2) is 10.6. The molecule has 0 spiro atoms. The van der Waals surface area contributed by atoms with Gasteiger partial charge in [-0.3, -0.25) is 10.1 Å². The van der Waals surface area contributed by atoms with E-state index in [1.54, 1.807) is 13.8 Å². The third kappa shape index (κ3) is 5.55. The quantitative estimate of drug-likeness (QED) is 0.423. The molecule has 1 aromatic heterocycles. The molecule has 10 heteroatoms. The van der Waals surface area contributed by atoms with Crippen LogP contribution in [0, 0.1) is 0 Å². The number of carbonyl (C=O) groups is 1. The maximum atomic E-state index is 13.1. The summed E-state index contributed by atoms with van der Waals surface area (Å²) < 4.78 is 34.4. The van der Waals surface area contributed by atoms with Crippen molar-refractivity contribution >= 4 is 44.5 Å². The molecular weight excluding hydrogens is 464 g/mol. The highest BCUT2D eigenvalue weighted by Gasteiger charge is 2.25. The number of carbonyl (C=O) groups excluding carboxylic acids is 1. The van der Waals surface area contributed by atoms with Crippen molar-refractivity contribution in [2.45, 2.75) is 44.7 Å². The number of anilines is 1. The van der Waals surface area contributed by atoms with Crippen LogP contribution in [0.4, 0.5) is 5.95 Å². The van der Waals surface area contributed by atoms with E-state index in [1.807, 2.05) is 35.8 Å². The highest BCUT2D eigenvalue weighted by atomic mass is 35.5. The summed E-state index contributed by atoms with van der Waals surface area (Å²) >= 11 is 6.27. The van der Waals surface area contributed by atoms with Gasteiger partial charge in [0.25, 0.3) is 5.91 Å². The van der Waals surface area contributed by atoms with Gasteiger partial charge in [0.05, 0.1) is 26.5 Å². The van der Waals surface area contributed by atoms with Crippen LogP contribution in [0.15, 0.2) is 47.4 Å². The molecule has 2 aromatic carbocycles. The van der Waals surface area contributed by atoms with Gasteiger partial charge in [-0.2, -0.15) is 4.31 Å². The number of ether oxygens (including phenoxy) is 1. The van der Waals surface area contributed by atoms with E-state index >= 15 is 0 Å². The molecule has 0 unspecified atom stereocenters. The van der Waals surface area contributed by atoms with Crippen molar-refractivity contribution in [2.75, 3.05) is 25.6 Å². The predicted octanol–water partition coefficient (Wildman–Crippen LogP) is 4.40. The molecule has 1 heterocycles. The van der Waals surface area contributed by atoms with E-state index in [2.05, 4.69) is 10.3 Å². The van der Waals surface area contributed by atoms with E-state index in [9.17, 15) is 13.2 Å². The third-order valence-corrected chi connectivity index (χ3v) is 7.70. The zero-order chi connectivity index (χ0) is 24.2. The summed E-state index contributed by atoms with van der Waals surface area (Å²) in [6.45, 7) is 7.31. The van der Waals surface area contributed by atoms with Crippen molar-refractivity contribution in [3.8, 4) is 0 Å². The van der Waals surface area contributed by atoms with Crippen LogP contribution in [0.25, 0.3) is 11.0 Å². The number of hydrogen-bond acceptors (Lipinski definition) is 5. The Morgan fingerprint density at radius 2 is 1.97 bits per heavy atom. The highest BCUT2D eigenvalue weighted by molar-refractivity contribution is 7.89. The van der Waals surface area contributed by atoms with E-state index in [-0.39, 0.29) is 21.5 Å². The molecule has 8 nitrogen and oxygen atoms in total. The molecule has 1 N–H and O–H groups in total. The molecule has 3 aromatic rings. The van der Waals surface area contributed by atoms with Gasteiger partial charge in [0.2, 0.25) is 16.0 Å². The number of aromatic nitrogens is 2. The van der Waals surface area contributed by atoms with Crippen molar-refractivity contribution in [3.05, 3.63) is 53.1 Å². The van der Waals surface area contributed by atoms with Crippen LogP contribution in [0.5, 0.6) is 0 Å². The molecule has 33 heavy (non-hydrogen) atoms. The SMILES string of the molecule is CCOCCCn1c(NC(=O)c2cc(S(=O)(=O)N(C)C(C)C)ccc2Cl)nc2ccccc21. The lowest BCUT2D eigenvalue weighted by Gasteiger charge is -2.21. The number of sulfonamides is 1. The average Bonchev–Trinajstić information content (AvgIpc) is 3.13. The molecule has 0 fully saturated rings. The fraction of sp³-hybridized carbons (Fsp3) is 0.391. The van der Waals surface area contributed by atoms with Crippen molar-refractivity contribution in [1.29, 1.82) is 0 Å². The van der Waals surface area contributed by atoms with Crippen LogP contribution in [0.3, 0.4) is 0 Å². The number of aryl methyl sites for hydroxylation is 1. The van der Waals surface area contributed by atoms with E-state index in [0.717, 1.165) is 17.5 Å². The summed E-state index contributed by atoms with van der Waals surface area (Å²) in [7, 11) is -2.27. The van der Waals surface area contributed by atoms with E-state index in [0.29, 0.717) is 25.7 Å². The number of imidazole rings is 1. The van der Waals surface area contributed by atoms with Crippen LogP contribution in [0.1, 0.15) is 37.6 Å². The first kappa shape index (κ1) is 25.2. The van der Waals surface area contributed by atoms with Gasteiger partial charge in [0.15, 0.2) is 0 Å². The Morgan fingerprint density at radius 3 is 2.67 bits per heavy atom. The fourth-order valence-corrected chi connectivity index (χ4v) is 4.92. The Balaban J connectivity index is 1.93. The number of fused-ring (bicyclic) bond motifs is 1. The first-order valence-electron chi connectivity index (χ1n) is 10.8. The normalized spacial score (nSPS) is 12.1. The first-order valence-corrected chi connectivity index (χ1v) is 12.6. The van der Waals surface area contributed by atoms with Gasteiger partial charge < -0.3 is 9.30 Å². The Hall–Kier alpha value is -2.46. The molecule has 0 aliphatic carbocycles. The predicted molar refractivity (Wildman–Crippen MR) is 130 cm³/mol. The lowest BCUT2D eigenvalue weighted by atomic mass is 10.2. The summed E-state index contributed by atoms with van der Waals surface area (Å²) in [5, 5.41) is 2.96. The fourth-order valence-electron chi connectivity index (χ4n) is 3.32. The molecule has 0 aliphatic heterocycles. The smallest absolute Gasteiger partial charge is 0.259 e. The first-order chi connectivity index (χ1) is 15.7. The van der Waals surface area contributed by atoms with Crippen molar-refractivity contribution in [2.24, 2.45) is 0 Å². The second-order valence-corrected chi connectivity index (χ2v) is 10.2. The Kier molecular flexibility index (Phi) is 8.12. The molecule has 1 amide bonds. The standard InChI is InChI=1S/C23H29ClN4O4S/c1-5-32-14-8-13-28-21-10-7-6-9-20(21)25-23(28)26-22(29)18-15-17(11-12-19(18)24)33(30,31)27(4)16(2)3/h6-7,9-12,15-16H,5,8,13-14H2,1-4H3,(H,25,26,29). The number of para-hydroxylation sites is 2. The maximum absolute atomic E-state index is 13.1. The van der Waals surface area contributed by atoms with E-state index in [1.165, 1.54) is 29.6 Å². The van der Waals surface area contributed by atoms with E-state index in [4.69, 9.17) is 16.3 Å². The Morgan fingerprint density at radius 1 is 1.24 bits per heavy atom. The molecule has 0 bridgehead atoms. The van der Waals surface area contributed by atoms with Gasteiger partial charge in [0, 0.05) is 32.8 Å². The van der Waals surface area contributed by atoms with Gasteiger partial charge in [-0.1, -0.05) is 23.7 Å². The summed E-state index contributed by atoms with van der Waals surface area (Å²) in [4.78, 5) is 17.7. The van der Waals surface area contributed by atoms with Crippen molar-refractivity contribution in [1.82, 2.24) is 13.9 Å². The summed E-state index contributed by atoms with van der Waals surface area (Å²) in [5.41, 5.74) is 1.68. The van der Waals surface area contributed by atoms with Crippen molar-refractivity contribution < 1.29 is 17.9 Å². The minimum Gasteiger partial charge on any atom is -0.382 e. The molecule has 0 saturated carbocycles.